The molecule has 0 fully saturated rings. The minimum absolute atomic E-state index is 0.0827. The Kier molecular flexibility index (Phi) is 4.52. The van der Waals surface area contributed by atoms with Crippen molar-refractivity contribution >= 4 is 23.0 Å². The zero-order chi connectivity index (χ0) is 18.8. The number of ketones is 1. The molecule has 27 heavy (non-hydrogen) atoms. The van der Waals surface area contributed by atoms with Crippen molar-refractivity contribution in [2.24, 2.45) is 0 Å². The minimum Gasteiger partial charge on any atom is -0.503 e. The van der Waals surface area contributed by atoms with Crippen molar-refractivity contribution < 1.29 is 14.7 Å². The van der Waals surface area contributed by atoms with E-state index in [2.05, 4.69) is 9.97 Å². The molecule has 0 saturated heterocycles. The summed E-state index contributed by atoms with van der Waals surface area (Å²) in [5.74, 6) is -1.43. The molecule has 3 aromatic rings. The second-order valence-electron chi connectivity index (χ2n) is 6.05. The van der Waals surface area contributed by atoms with Crippen LogP contribution < -0.4 is 0 Å². The summed E-state index contributed by atoms with van der Waals surface area (Å²) >= 11 is 1.27. The van der Waals surface area contributed by atoms with Gasteiger partial charge < -0.3 is 10.0 Å². The van der Waals surface area contributed by atoms with E-state index < -0.39 is 17.7 Å². The molecule has 0 aromatic carbocycles. The van der Waals surface area contributed by atoms with Crippen LogP contribution in [0.1, 0.15) is 26.8 Å². The number of carbonyl (C=O) groups is 2. The van der Waals surface area contributed by atoms with Gasteiger partial charge in [-0.25, -0.2) is 0 Å². The van der Waals surface area contributed by atoms with Gasteiger partial charge >= 0.3 is 0 Å². The van der Waals surface area contributed by atoms with E-state index in [1.807, 2.05) is 6.07 Å². The van der Waals surface area contributed by atoms with Crippen LogP contribution in [-0.2, 0) is 11.3 Å². The van der Waals surface area contributed by atoms with Gasteiger partial charge in [0.1, 0.15) is 0 Å². The normalized spacial score (nSPS) is 16.8. The summed E-state index contributed by atoms with van der Waals surface area (Å²) in [6.45, 7) is 0.220. The van der Waals surface area contributed by atoms with E-state index in [-0.39, 0.29) is 17.9 Å². The highest BCUT2D eigenvalue weighted by Gasteiger charge is 2.44. The highest BCUT2D eigenvalue weighted by Crippen LogP contribution is 2.40. The summed E-state index contributed by atoms with van der Waals surface area (Å²) in [7, 11) is 0. The number of Topliss-reactive ketones (excluding diaryl/α,β-unsaturated/α-hetero) is 1. The number of pyridine rings is 2. The predicted molar refractivity (Wildman–Crippen MR) is 100 cm³/mol. The predicted octanol–water partition coefficient (Wildman–Crippen LogP) is 3.32. The van der Waals surface area contributed by atoms with Crippen LogP contribution >= 0.6 is 11.3 Å². The van der Waals surface area contributed by atoms with Gasteiger partial charge in [0, 0.05) is 31.3 Å². The Morgan fingerprint density at radius 3 is 2.52 bits per heavy atom. The summed E-state index contributed by atoms with van der Waals surface area (Å²) < 4.78 is 0. The average Bonchev–Trinajstić information content (AvgIpc) is 3.32. The lowest BCUT2D eigenvalue weighted by Gasteiger charge is -2.26. The van der Waals surface area contributed by atoms with Crippen molar-refractivity contribution in [1.82, 2.24) is 14.9 Å². The maximum Gasteiger partial charge on any atom is 0.290 e. The summed E-state index contributed by atoms with van der Waals surface area (Å²) in [6.07, 6.45) is 6.53. The van der Waals surface area contributed by atoms with Crippen molar-refractivity contribution in [1.29, 1.82) is 0 Å². The number of aliphatic hydroxyl groups excluding tert-OH is 1. The van der Waals surface area contributed by atoms with Gasteiger partial charge in [-0.15, -0.1) is 11.3 Å². The minimum atomic E-state index is -0.707. The van der Waals surface area contributed by atoms with E-state index in [0.29, 0.717) is 10.4 Å². The maximum atomic E-state index is 13.0. The van der Waals surface area contributed by atoms with Crippen LogP contribution in [-0.4, -0.2) is 31.7 Å². The molecule has 0 unspecified atom stereocenters. The maximum absolute atomic E-state index is 13.0. The van der Waals surface area contributed by atoms with Gasteiger partial charge in [-0.2, -0.15) is 0 Å². The fraction of sp³-hybridized carbons (Fsp3) is 0.100. The second kappa shape index (κ2) is 7.13. The first-order valence-corrected chi connectivity index (χ1v) is 9.16. The van der Waals surface area contributed by atoms with Gasteiger partial charge in [0.25, 0.3) is 5.91 Å². The second-order valence-corrected chi connectivity index (χ2v) is 7.00. The van der Waals surface area contributed by atoms with Crippen molar-refractivity contribution in [3.63, 3.8) is 0 Å². The lowest BCUT2D eigenvalue weighted by atomic mass is 9.96. The highest BCUT2D eigenvalue weighted by atomic mass is 32.1. The van der Waals surface area contributed by atoms with Gasteiger partial charge in [-0.1, -0.05) is 18.2 Å². The quantitative estimate of drug-likeness (QED) is 0.690. The fourth-order valence-electron chi connectivity index (χ4n) is 3.16. The molecule has 134 valence electrons. The Balaban J connectivity index is 1.79. The zero-order valence-electron chi connectivity index (χ0n) is 14.1. The lowest BCUT2D eigenvalue weighted by Crippen LogP contribution is -2.30. The number of aliphatic hydroxyl groups is 1. The van der Waals surface area contributed by atoms with Gasteiger partial charge in [0.15, 0.2) is 5.76 Å². The van der Waals surface area contributed by atoms with Crippen molar-refractivity contribution in [3.05, 3.63) is 93.9 Å². The van der Waals surface area contributed by atoms with Crippen LogP contribution in [0.2, 0.25) is 0 Å². The average molecular weight is 377 g/mol. The molecule has 1 N–H and O–H groups in total. The van der Waals surface area contributed by atoms with Crippen LogP contribution in [0.15, 0.2) is 77.9 Å². The number of aromatic nitrogens is 2. The topological polar surface area (TPSA) is 83.4 Å². The molecule has 1 atom stereocenters. The molecule has 0 radical (unpaired) electrons. The fourth-order valence-corrected chi connectivity index (χ4v) is 3.84. The molecular formula is C20H15N3O3S. The molecule has 4 heterocycles. The first-order chi connectivity index (χ1) is 13.2. The third kappa shape index (κ3) is 3.13. The van der Waals surface area contributed by atoms with Crippen LogP contribution in [0.5, 0.6) is 0 Å². The SMILES string of the molecule is O=C(C1=C(O)C(=O)N(Cc2cccnc2)[C@@H]1c1cccnc1)c1cccs1. The standard InChI is InChI=1S/C20H15N3O3S/c24-18(15-6-3-9-27-15)16-17(14-5-2-8-22-11-14)23(20(26)19(16)25)12-13-4-1-7-21-10-13/h1-11,17,25H,12H2/t17-/m1/s1. The number of hydrogen-bond donors (Lipinski definition) is 1. The van der Waals surface area contributed by atoms with Crippen LogP contribution in [0.3, 0.4) is 0 Å². The van der Waals surface area contributed by atoms with Gasteiger partial charge in [-0.05, 0) is 34.7 Å². The third-order valence-electron chi connectivity index (χ3n) is 4.37. The lowest BCUT2D eigenvalue weighted by molar-refractivity contribution is -0.130. The van der Waals surface area contributed by atoms with Crippen LogP contribution in [0.25, 0.3) is 0 Å². The summed E-state index contributed by atoms with van der Waals surface area (Å²) in [5, 5.41) is 12.3. The molecule has 3 aromatic heterocycles. The zero-order valence-corrected chi connectivity index (χ0v) is 15.0. The molecule has 4 rings (SSSR count). The monoisotopic (exact) mass is 377 g/mol. The van der Waals surface area contributed by atoms with Gasteiger partial charge in [0.2, 0.25) is 5.78 Å². The first-order valence-electron chi connectivity index (χ1n) is 8.28. The Morgan fingerprint density at radius 1 is 1.11 bits per heavy atom. The Bertz CT molecular complexity index is 1000. The Hall–Kier alpha value is -3.32. The number of nitrogens with zero attached hydrogens (tertiary/aromatic N) is 3. The highest BCUT2D eigenvalue weighted by molar-refractivity contribution is 7.12. The van der Waals surface area contributed by atoms with Crippen molar-refractivity contribution in [2.45, 2.75) is 12.6 Å². The third-order valence-corrected chi connectivity index (χ3v) is 5.24. The largest absolute Gasteiger partial charge is 0.503 e. The Labute approximate surface area is 159 Å². The number of hydrogen-bond acceptors (Lipinski definition) is 6. The summed E-state index contributed by atoms with van der Waals surface area (Å²) in [5.41, 5.74) is 1.55. The smallest absolute Gasteiger partial charge is 0.290 e. The summed E-state index contributed by atoms with van der Waals surface area (Å²) in [6, 6.07) is 9.89. The van der Waals surface area contributed by atoms with Crippen molar-refractivity contribution in [2.75, 3.05) is 0 Å². The van der Waals surface area contributed by atoms with E-state index in [1.54, 1.807) is 60.5 Å². The Morgan fingerprint density at radius 2 is 1.89 bits per heavy atom. The van der Waals surface area contributed by atoms with Crippen LogP contribution in [0.4, 0.5) is 0 Å². The van der Waals surface area contributed by atoms with Gasteiger partial charge in [0.05, 0.1) is 16.5 Å². The number of amides is 1. The van der Waals surface area contributed by atoms with Gasteiger partial charge in [-0.3, -0.25) is 19.6 Å². The molecule has 0 bridgehead atoms. The molecule has 0 aliphatic carbocycles. The molecule has 7 heteroatoms. The van der Waals surface area contributed by atoms with E-state index in [1.165, 1.54) is 16.2 Å². The molecule has 1 amide bonds. The van der Waals surface area contributed by atoms with E-state index >= 15 is 0 Å². The molecular weight excluding hydrogens is 362 g/mol. The van der Waals surface area contributed by atoms with E-state index in [4.69, 9.17) is 0 Å². The van der Waals surface area contributed by atoms with Crippen LogP contribution in [0, 0.1) is 0 Å². The number of carbonyl (C=O) groups excluding carboxylic acids is 2. The molecule has 0 saturated carbocycles. The summed E-state index contributed by atoms with van der Waals surface area (Å²) in [4.78, 5) is 36.0. The molecule has 6 nitrogen and oxygen atoms in total. The first kappa shape index (κ1) is 17.1. The molecule has 1 aliphatic rings. The number of thiophene rings is 1. The van der Waals surface area contributed by atoms with E-state index in [0.717, 1.165) is 5.56 Å². The van der Waals surface area contributed by atoms with E-state index in [9.17, 15) is 14.7 Å². The number of rotatable bonds is 5. The van der Waals surface area contributed by atoms with Crippen molar-refractivity contribution in [3.8, 4) is 0 Å². The molecule has 0 spiro atoms. The molecule has 1 aliphatic heterocycles.